The van der Waals surface area contributed by atoms with Gasteiger partial charge < -0.3 is 4.52 Å². The molecule has 0 radical (unpaired) electrons. The third-order valence-electron chi connectivity index (χ3n) is 1.96. The average molecular weight is 249 g/mol. The van der Waals surface area contributed by atoms with Gasteiger partial charge in [0.05, 0.1) is 6.16 Å². The van der Waals surface area contributed by atoms with Crippen LogP contribution in [0.15, 0.2) is 12.7 Å². The summed E-state index contributed by atoms with van der Waals surface area (Å²) in [7, 11) is -1.90. The van der Waals surface area contributed by atoms with Crippen LogP contribution in [-0.2, 0) is 18.5 Å². The Morgan fingerprint density at radius 1 is 1.56 bits per heavy atom. The van der Waals surface area contributed by atoms with E-state index in [2.05, 4.69) is 20.4 Å². The molecule has 1 unspecified atom stereocenters. The number of carbonyl (C=O) groups is 1. The summed E-state index contributed by atoms with van der Waals surface area (Å²) < 4.78 is 21.5. The maximum Gasteiger partial charge on any atom is 0.351 e. The van der Waals surface area contributed by atoms with Gasteiger partial charge >= 0.3 is 7.60 Å². The Hall–Kier alpha value is -0.640. The lowest BCUT2D eigenvalue weighted by Crippen LogP contribution is -2.21. The fraction of sp³-hybridized carbons (Fsp3) is 0.700. The Labute approximate surface area is 96.7 Å². The quantitative estimate of drug-likeness (QED) is 0.408. The maximum absolute atomic E-state index is 11.9. The fourth-order valence-electron chi connectivity index (χ4n) is 1.02. The van der Waals surface area contributed by atoms with E-state index in [1.165, 1.54) is 7.11 Å². The zero-order valence-electron chi connectivity index (χ0n) is 10.1. The molecule has 0 aromatic carbocycles. The smallest absolute Gasteiger partial charge is 0.311 e. The van der Waals surface area contributed by atoms with Crippen LogP contribution in [0.1, 0.15) is 26.7 Å². The molecular weight excluding hydrogens is 229 g/mol. The van der Waals surface area contributed by atoms with Crippen LogP contribution in [-0.4, -0.2) is 19.2 Å². The molecule has 0 spiro atoms. The lowest BCUT2D eigenvalue weighted by Gasteiger charge is -2.15. The molecule has 5 nitrogen and oxygen atoms in total. The highest BCUT2D eigenvalue weighted by Crippen LogP contribution is 2.47. The van der Waals surface area contributed by atoms with Crippen LogP contribution >= 0.6 is 7.60 Å². The minimum atomic E-state index is -3.20. The molecule has 0 aromatic heterocycles. The van der Waals surface area contributed by atoms with Crippen LogP contribution in [0, 0.1) is 5.92 Å². The summed E-state index contributed by atoms with van der Waals surface area (Å²) in [5, 5.41) is 0. The molecule has 0 aromatic rings. The molecule has 0 saturated heterocycles. The van der Waals surface area contributed by atoms with Crippen LogP contribution in [0.3, 0.4) is 0 Å². The van der Waals surface area contributed by atoms with Gasteiger partial charge in [-0.05, 0) is 18.4 Å². The maximum atomic E-state index is 11.9. The fourth-order valence-corrected chi connectivity index (χ4v) is 2.17. The number of hydrogen-bond acceptors (Lipinski definition) is 4. The van der Waals surface area contributed by atoms with Gasteiger partial charge in [0, 0.05) is 7.11 Å². The minimum absolute atomic E-state index is 0.291. The number of carbonyl (C=O) groups excluding carboxylic acids is 1. The summed E-state index contributed by atoms with van der Waals surface area (Å²) >= 11 is 0. The summed E-state index contributed by atoms with van der Waals surface area (Å²) in [6.07, 6.45) is 2.99. The van der Waals surface area contributed by atoms with Crippen molar-refractivity contribution in [3.05, 3.63) is 12.7 Å². The van der Waals surface area contributed by atoms with E-state index in [1.807, 2.05) is 5.48 Å². The largest absolute Gasteiger partial charge is 0.351 e. The molecule has 94 valence electrons. The van der Waals surface area contributed by atoms with E-state index < -0.39 is 13.5 Å². The summed E-state index contributed by atoms with van der Waals surface area (Å²) in [6, 6.07) is 0. The normalized spacial score (nSPS) is 14.5. The molecule has 0 fully saturated rings. The van der Waals surface area contributed by atoms with Crippen molar-refractivity contribution in [2.24, 2.45) is 5.92 Å². The monoisotopic (exact) mass is 249 g/mol. The first kappa shape index (κ1) is 15.4. The number of hydroxylamine groups is 1. The van der Waals surface area contributed by atoms with Crippen molar-refractivity contribution in [3.8, 4) is 0 Å². The highest BCUT2D eigenvalue weighted by molar-refractivity contribution is 7.53. The number of amides is 1. The molecule has 0 aliphatic carbocycles. The van der Waals surface area contributed by atoms with E-state index in [-0.39, 0.29) is 0 Å². The summed E-state index contributed by atoms with van der Waals surface area (Å²) in [6.45, 7) is 7.41. The van der Waals surface area contributed by atoms with Gasteiger partial charge in [0.2, 0.25) is 0 Å². The zero-order chi connectivity index (χ0) is 12.6. The van der Waals surface area contributed by atoms with Gasteiger partial charge in [0.15, 0.2) is 0 Å². The Morgan fingerprint density at radius 3 is 2.62 bits per heavy atom. The van der Waals surface area contributed by atoms with Crippen molar-refractivity contribution in [1.82, 2.24) is 5.48 Å². The molecule has 6 heteroatoms. The van der Waals surface area contributed by atoms with E-state index in [0.717, 1.165) is 18.9 Å². The zero-order valence-corrected chi connectivity index (χ0v) is 11.0. The van der Waals surface area contributed by atoms with E-state index in [1.54, 1.807) is 0 Å². The third-order valence-corrected chi connectivity index (χ3v) is 3.75. The van der Waals surface area contributed by atoms with E-state index >= 15 is 0 Å². The predicted molar refractivity (Wildman–Crippen MR) is 63.0 cm³/mol. The molecular formula is C10H20NO4P. The van der Waals surface area contributed by atoms with Crippen molar-refractivity contribution in [2.45, 2.75) is 26.7 Å². The van der Waals surface area contributed by atoms with Gasteiger partial charge in [-0.15, -0.1) is 0 Å². The van der Waals surface area contributed by atoms with Gasteiger partial charge in [-0.3, -0.25) is 9.36 Å². The standard InChI is InChI=1S/C10H20NO4P/c1-5-10(12)11-15-16(13,14-4)8-6-7-9(2)3/h5,9H,1,6-8H2,2-4H3,(H,11,12). The molecule has 0 heterocycles. The van der Waals surface area contributed by atoms with Crippen LogP contribution in [0.2, 0.25) is 0 Å². The second kappa shape index (κ2) is 7.60. The lowest BCUT2D eigenvalue weighted by atomic mass is 10.1. The van der Waals surface area contributed by atoms with Crippen LogP contribution in [0.5, 0.6) is 0 Å². The van der Waals surface area contributed by atoms with Gasteiger partial charge in [0.1, 0.15) is 0 Å². The average Bonchev–Trinajstić information content (AvgIpc) is 2.25. The van der Waals surface area contributed by atoms with Crippen molar-refractivity contribution in [3.63, 3.8) is 0 Å². The second-order valence-electron chi connectivity index (χ2n) is 3.81. The van der Waals surface area contributed by atoms with E-state index in [4.69, 9.17) is 9.15 Å². The molecule has 0 bridgehead atoms. The summed E-state index contributed by atoms with van der Waals surface area (Å²) in [5.74, 6) is -0.00536. The minimum Gasteiger partial charge on any atom is -0.311 e. The van der Waals surface area contributed by atoms with Gasteiger partial charge in [-0.2, -0.15) is 4.62 Å². The Morgan fingerprint density at radius 2 is 2.19 bits per heavy atom. The first-order valence-electron chi connectivity index (χ1n) is 5.19. The van der Waals surface area contributed by atoms with Crippen molar-refractivity contribution >= 4 is 13.5 Å². The van der Waals surface area contributed by atoms with Crippen molar-refractivity contribution < 1.29 is 18.5 Å². The van der Waals surface area contributed by atoms with E-state index in [9.17, 15) is 9.36 Å². The third kappa shape index (κ3) is 6.77. The summed E-state index contributed by atoms with van der Waals surface area (Å²) in [4.78, 5) is 10.8. The molecule has 0 aliphatic heterocycles. The second-order valence-corrected chi connectivity index (χ2v) is 6.03. The first-order valence-corrected chi connectivity index (χ1v) is 6.92. The molecule has 0 aliphatic rings. The number of hydrogen-bond donors (Lipinski definition) is 1. The van der Waals surface area contributed by atoms with Crippen LogP contribution in [0.25, 0.3) is 0 Å². The van der Waals surface area contributed by atoms with Gasteiger partial charge in [-0.1, -0.05) is 26.8 Å². The van der Waals surface area contributed by atoms with Crippen LogP contribution in [0.4, 0.5) is 0 Å². The Kier molecular flexibility index (Phi) is 7.30. The Balaban J connectivity index is 4.05. The van der Waals surface area contributed by atoms with Gasteiger partial charge in [-0.25, -0.2) is 5.48 Å². The molecule has 1 amide bonds. The molecule has 1 atom stereocenters. The number of rotatable bonds is 8. The van der Waals surface area contributed by atoms with E-state index in [0.29, 0.717) is 12.1 Å². The van der Waals surface area contributed by atoms with Crippen LogP contribution < -0.4 is 5.48 Å². The molecule has 0 rings (SSSR count). The molecule has 0 saturated carbocycles. The topological polar surface area (TPSA) is 64.6 Å². The predicted octanol–water partition coefficient (Wildman–Crippen LogP) is 2.50. The Bertz CT molecular complexity index is 278. The van der Waals surface area contributed by atoms with Gasteiger partial charge in [0.25, 0.3) is 5.91 Å². The molecule has 16 heavy (non-hydrogen) atoms. The molecule has 1 N–H and O–H groups in total. The lowest BCUT2D eigenvalue weighted by molar-refractivity contribution is -0.123. The highest BCUT2D eigenvalue weighted by atomic mass is 31.2. The number of nitrogens with one attached hydrogen (secondary N) is 1. The highest BCUT2D eigenvalue weighted by Gasteiger charge is 2.23. The summed E-state index contributed by atoms with van der Waals surface area (Å²) in [5.41, 5.74) is 2.02. The first-order chi connectivity index (χ1) is 7.43. The van der Waals surface area contributed by atoms with Crippen molar-refractivity contribution in [1.29, 1.82) is 0 Å². The SMILES string of the molecule is C=CC(=O)NOP(=O)(CCCC(C)C)OC. The van der Waals surface area contributed by atoms with Crippen molar-refractivity contribution in [2.75, 3.05) is 13.3 Å².